The van der Waals surface area contributed by atoms with Gasteiger partial charge in [-0.2, -0.15) is 0 Å². The van der Waals surface area contributed by atoms with Gasteiger partial charge in [0.1, 0.15) is 10.8 Å². The number of piperidine rings is 1. The molecule has 1 heterocycles. The molecule has 1 aliphatic rings. The number of carbonyl (C=O) groups excluding carboxylic acids is 1. The maximum absolute atomic E-state index is 12.1. The van der Waals surface area contributed by atoms with E-state index in [1.807, 2.05) is 0 Å². The Morgan fingerprint density at radius 3 is 2.76 bits per heavy atom. The van der Waals surface area contributed by atoms with Gasteiger partial charge in [0.05, 0.1) is 11.6 Å². The molecule has 0 atom stereocenters. The van der Waals surface area contributed by atoms with E-state index in [2.05, 4.69) is 17.1 Å². The third-order valence-electron chi connectivity index (χ3n) is 4.50. The first-order valence-corrected chi connectivity index (χ1v) is 9.94. The van der Waals surface area contributed by atoms with Crippen molar-refractivity contribution in [2.24, 2.45) is 0 Å². The van der Waals surface area contributed by atoms with Crippen LogP contribution in [0.1, 0.15) is 45.4 Å². The Morgan fingerprint density at radius 2 is 2.04 bits per heavy atom. The molecule has 1 saturated heterocycles. The number of amides is 1. The van der Waals surface area contributed by atoms with Crippen LogP contribution in [0.15, 0.2) is 18.2 Å². The number of halogens is 2. The predicted molar refractivity (Wildman–Crippen MR) is 104 cm³/mol. The van der Waals surface area contributed by atoms with Crippen molar-refractivity contribution in [1.29, 1.82) is 0 Å². The SMILES string of the molecule is CCCCN1CCC(NC(=O)CCCOc2cccc(Cl)c2Cl)CC1. The number of benzene rings is 1. The van der Waals surface area contributed by atoms with Gasteiger partial charge in [-0.1, -0.05) is 42.6 Å². The van der Waals surface area contributed by atoms with E-state index in [0.29, 0.717) is 41.3 Å². The second kappa shape index (κ2) is 10.9. The fourth-order valence-corrected chi connectivity index (χ4v) is 3.34. The van der Waals surface area contributed by atoms with Gasteiger partial charge >= 0.3 is 0 Å². The van der Waals surface area contributed by atoms with Gasteiger partial charge < -0.3 is 15.0 Å². The van der Waals surface area contributed by atoms with E-state index < -0.39 is 0 Å². The maximum atomic E-state index is 12.1. The highest BCUT2D eigenvalue weighted by Gasteiger charge is 2.20. The quantitative estimate of drug-likeness (QED) is 0.633. The summed E-state index contributed by atoms with van der Waals surface area (Å²) in [7, 11) is 0. The van der Waals surface area contributed by atoms with E-state index in [1.54, 1.807) is 18.2 Å². The molecule has 0 bridgehead atoms. The Kier molecular flexibility index (Phi) is 8.87. The van der Waals surface area contributed by atoms with E-state index in [4.69, 9.17) is 27.9 Å². The third-order valence-corrected chi connectivity index (χ3v) is 5.30. The zero-order valence-corrected chi connectivity index (χ0v) is 16.4. The largest absolute Gasteiger partial charge is 0.492 e. The lowest BCUT2D eigenvalue weighted by molar-refractivity contribution is -0.122. The molecule has 6 heteroatoms. The van der Waals surface area contributed by atoms with E-state index in [9.17, 15) is 4.79 Å². The Labute approximate surface area is 160 Å². The number of hydrogen-bond acceptors (Lipinski definition) is 3. The molecule has 25 heavy (non-hydrogen) atoms. The summed E-state index contributed by atoms with van der Waals surface area (Å²) in [5.74, 6) is 0.668. The molecule has 1 aromatic rings. The first kappa shape index (κ1) is 20.3. The number of nitrogens with zero attached hydrogens (tertiary/aromatic N) is 1. The smallest absolute Gasteiger partial charge is 0.220 e. The first-order valence-electron chi connectivity index (χ1n) is 9.18. The van der Waals surface area contributed by atoms with Gasteiger partial charge in [0, 0.05) is 25.6 Å². The summed E-state index contributed by atoms with van der Waals surface area (Å²) in [4.78, 5) is 14.6. The van der Waals surface area contributed by atoms with Crippen molar-refractivity contribution < 1.29 is 9.53 Å². The average molecular weight is 387 g/mol. The van der Waals surface area contributed by atoms with Crippen LogP contribution in [-0.2, 0) is 4.79 Å². The van der Waals surface area contributed by atoms with Crippen molar-refractivity contribution in [2.75, 3.05) is 26.2 Å². The van der Waals surface area contributed by atoms with Crippen molar-refractivity contribution in [3.05, 3.63) is 28.2 Å². The molecule has 1 aliphatic heterocycles. The zero-order chi connectivity index (χ0) is 18.1. The van der Waals surface area contributed by atoms with Crippen molar-refractivity contribution in [1.82, 2.24) is 10.2 Å². The molecule has 0 aromatic heterocycles. The van der Waals surface area contributed by atoms with Gasteiger partial charge in [-0.25, -0.2) is 0 Å². The molecular formula is C19H28Cl2N2O2. The Bertz CT molecular complexity index is 546. The molecule has 1 N–H and O–H groups in total. The van der Waals surface area contributed by atoms with Crippen LogP contribution in [0, 0.1) is 0 Å². The van der Waals surface area contributed by atoms with Crippen LogP contribution in [-0.4, -0.2) is 43.1 Å². The van der Waals surface area contributed by atoms with Crippen molar-refractivity contribution in [3.8, 4) is 5.75 Å². The molecule has 1 fully saturated rings. The van der Waals surface area contributed by atoms with Crippen LogP contribution in [0.25, 0.3) is 0 Å². The summed E-state index contributed by atoms with van der Waals surface area (Å²) in [6.07, 6.45) is 5.71. The number of unbranched alkanes of at least 4 members (excludes halogenated alkanes) is 1. The highest BCUT2D eigenvalue weighted by atomic mass is 35.5. The monoisotopic (exact) mass is 386 g/mol. The van der Waals surface area contributed by atoms with E-state index in [-0.39, 0.29) is 5.91 Å². The van der Waals surface area contributed by atoms with Crippen LogP contribution in [0.3, 0.4) is 0 Å². The van der Waals surface area contributed by atoms with Crippen molar-refractivity contribution in [2.45, 2.75) is 51.5 Å². The second-order valence-corrected chi connectivity index (χ2v) is 7.33. The number of ether oxygens (including phenoxy) is 1. The van der Waals surface area contributed by atoms with Crippen LogP contribution in [0.5, 0.6) is 5.75 Å². The highest BCUT2D eigenvalue weighted by molar-refractivity contribution is 6.42. The number of nitrogens with one attached hydrogen (secondary N) is 1. The summed E-state index contributed by atoms with van der Waals surface area (Å²) in [5, 5.41) is 4.04. The minimum atomic E-state index is 0.104. The summed E-state index contributed by atoms with van der Waals surface area (Å²) in [6.45, 7) is 6.02. The zero-order valence-electron chi connectivity index (χ0n) is 14.9. The fourth-order valence-electron chi connectivity index (χ4n) is 2.99. The molecule has 1 aromatic carbocycles. The number of rotatable bonds is 9. The minimum absolute atomic E-state index is 0.104. The number of carbonyl (C=O) groups is 1. The van der Waals surface area contributed by atoms with Crippen LogP contribution in [0.4, 0.5) is 0 Å². The molecule has 0 saturated carbocycles. The van der Waals surface area contributed by atoms with Gasteiger partial charge in [0.15, 0.2) is 0 Å². The predicted octanol–water partition coefficient (Wildman–Crippen LogP) is 4.53. The van der Waals surface area contributed by atoms with Crippen LogP contribution in [0.2, 0.25) is 10.0 Å². The molecule has 4 nitrogen and oxygen atoms in total. The third kappa shape index (κ3) is 7.04. The van der Waals surface area contributed by atoms with Gasteiger partial charge in [-0.15, -0.1) is 0 Å². The molecule has 0 unspecified atom stereocenters. The number of likely N-dealkylation sites (tertiary alicyclic amines) is 1. The normalized spacial score (nSPS) is 16.0. The average Bonchev–Trinajstić information content (AvgIpc) is 2.61. The first-order chi connectivity index (χ1) is 12.1. The summed E-state index contributed by atoms with van der Waals surface area (Å²) in [5.41, 5.74) is 0. The highest BCUT2D eigenvalue weighted by Crippen LogP contribution is 2.31. The lowest BCUT2D eigenvalue weighted by Gasteiger charge is -2.32. The second-order valence-electron chi connectivity index (χ2n) is 6.54. The van der Waals surface area contributed by atoms with Gasteiger partial charge in [-0.05, 0) is 44.4 Å². The summed E-state index contributed by atoms with van der Waals surface area (Å²) < 4.78 is 5.61. The topological polar surface area (TPSA) is 41.6 Å². The lowest BCUT2D eigenvalue weighted by atomic mass is 10.0. The summed E-state index contributed by atoms with van der Waals surface area (Å²) in [6, 6.07) is 5.61. The Balaban J connectivity index is 1.59. The van der Waals surface area contributed by atoms with E-state index in [1.165, 1.54) is 19.4 Å². The molecule has 0 aliphatic carbocycles. The maximum Gasteiger partial charge on any atom is 0.220 e. The Hall–Kier alpha value is -0.970. The van der Waals surface area contributed by atoms with E-state index >= 15 is 0 Å². The molecular weight excluding hydrogens is 359 g/mol. The van der Waals surface area contributed by atoms with Crippen molar-refractivity contribution in [3.63, 3.8) is 0 Å². The molecule has 0 spiro atoms. The van der Waals surface area contributed by atoms with Gasteiger partial charge in [0.25, 0.3) is 0 Å². The number of hydrogen-bond donors (Lipinski definition) is 1. The molecule has 1 amide bonds. The minimum Gasteiger partial charge on any atom is -0.492 e. The van der Waals surface area contributed by atoms with Crippen LogP contribution >= 0.6 is 23.2 Å². The van der Waals surface area contributed by atoms with Gasteiger partial charge in [0.2, 0.25) is 5.91 Å². The molecule has 0 radical (unpaired) electrons. The van der Waals surface area contributed by atoms with Gasteiger partial charge in [-0.3, -0.25) is 4.79 Å². The lowest BCUT2D eigenvalue weighted by Crippen LogP contribution is -2.44. The molecule has 2 rings (SSSR count). The van der Waals surface area contributed by atoms with E-state index in [0.717, 1.165) is 25.9 Å². The summed E-state index contributed by atoms with van der Waals surface area (Å²) >= 11 is 12.0. The fraction of sp³-hybridized carbons (Fsp3) is 0.632. The Morgan fingerprint density at radius 1 is 1.28 bits per heavy atom. The van der Waals surface area contributed by atoms with Crippen LogP contribution < -0.4 is 10.1 Å². The van der Waals surface area contributed by atoms with Crippen molar-refractivity contribution >= 4 is 29.1 Å². The standard InChI is InChI=1S/C19H28Cl2N2O2/c1-2-3-11-23-12-9-15(10-13-23)22-18(24)8-5-14-25-17-7-4-6-16(20)19(17)21/h4,6-7,15H,2-3,5,8-14H2,1H3,(H,22,24). The molecule has 140 valence electrons.